The van der Waals surface area contributed by atoms with Gasteiger partial charge in [-0.3, -0.25) is 0 Å². The molecule has 3 aromatic rings. The van der Waals surface area contributed by atoms with E-state index >= 15 is 0 Å². The number of benzene rings is 1. The lowest BCUT2D eigenvalue weighted by Gasteiger charge is -2.29. The van der Waals surface area contributed by atoms with E-state index in [2.05, 4.69) is 41.6 Å². The zero-order chi connectivity index (χ0) is 15.6. The highest BCUT2D eigenvalue weighted by Crippen LogP contribution is 2.32. The van der Waals surface area contributed by atoms with E-state index in [0.717, 1.165) is 47.9 Å². The van der Waals surface area contributed by atoms with Gasteiger partial charge in [-0.1, -0.05) is 12.1 Å². The highest BCUT2D eigenvalue weighted by Gasteiger charge is 2.20. The molecule has 0 amide bonds. The Kier molecular flexibility index (Phi) is 4.33. The lowest BCUT2D eigenvalue weighted by Crippen LogP contribution is -2.35. The topological polar surface area (TPSA) is 25.4 Å². The van der Waals surface area contributed by atoms with Gasteiger partial charge in [0.05, 0.1) is 15.2 Å². The molecule has 2 aromatic heterocycles. The number of hydrogen-bond acceptors (Lipinski definition) is 5. The molecule has 0 radical (unpaired) electrons. The molecule has 120 valence electrons. The van der Waals surface area contributed by atoms with Gasteiger partial charge >= 0.3 is 0 Å². The second kappa shape index (κ2) is 6.59. The Bertz CT molecular complexity index is 754. The zero-order valence-corrected chi connectivity index (χ0v) is 14.8. The summed E-state index contributed by atoms with van der Waals surface area (Å²) in [5, 5.41) is 4.38. The van der Waals surface area contributed by atoms with E-state index in [1.165, 1.54) is 10.3 Å². The number of thiazole rings is 1. The van der Waals surface area contributed by atoms with E-state index < -0.39 is 0 Å². The molecule has 23 heavy (non-hydrogen) atoms. The Morgan fingerprint density at radius 1 is 1.22 bits per heavy atom. The van der Waals surface area contributed by atoms with Crippen LogP contribution in [0, 0.1) is 0 Å². The fraction of sp³-hybridized carbons (Fsp3) is 0.389. The minimum Gasteiger partial charge on any atom is -0.480 e. The number of rotatable bonds is 4. The molecule has 3 nitrogen and oxygen atoms in total. The molecule has 5 heteroatoms. The minimum atomic E-state index is 0.360. The normalized spacial score (nSPS) is 16.9. The number of aromatic nitrogens is 1. The molecule has 0 aliphatic carbocycles. The van der Waals surface area contributed by atoms with Crippen molar-refractivity contribution in [3.05, 3.63) is 46.3 Å². The van der Waals surface area contributed by atoms with Crippen molar-refractivity contribution in [3.63, 3.8) is 0 Å². The highest BCUT2D eigenvalue weighted by molar-refractivity contribution is 7.18. The number of likely N-dealkylation sites (tertiary alicyclic amines) is 1. The Hall–Kier alpha value is -1.43. The summed E-state index contributed by atoms with van der Waals surface area (Å²) >= 11 is 3.49. The van der Waals surface area contributed by atoms with E-state index in [1.807, 2.05) is 6.07 Å². The number of thiophene rings is 1. The SMILES string of the molecule is CN1CCC(Oc2sccc2Cc2nc3ccccc3s2)CC1. The molecule has 1 aliphatic rings. The van der Waals surface area contributed by atoms with Gasteiger partial charge in [0.2, 0.25) is 0 Å². The van der Waals surface area contributed by atoms with Crippen molar-refractivity contribution in [2.75, 3.05) is 20.1 Å². The van der Waals surface area contributed by atoms with Gasteiger partial charge in [0.25, 0.3) is 0 Å². The third-order valence-corrected chi connectivity index (χ3v) is 6.21. The molecule has 1 saturated heterocycles. The van der Waals surface area contributed by atoms with E-state index in [0.29, 0.717) is 6.10 Å². The second-order valence-corrected chi connectivity index (χ2v) is 8.10. The van der Waals surface area contributed by atoms with Crippen LogP contribution in [0.3, 0.4) is 0 Å². The van der Waals surface area contributed by atoms with Gasteiger partial charge in [0.15, 0.2) is 5.06 Å². The van der Waals surface area contributed by atoms with E-state index in [-0.39, 0.29) is 0 Å². The molecule has 1 aromatic carbocycles. The lowest BCUT2D eigenvalue weighted by molar-refractivity contribution is 0.117. The molecule has 4 rings (SSSR count). The quantitative estimate of drug-likeness (QED) is 0.700. The third kappa shape index (κ3) is 3.42. The van der Waals surface area contributed by atoms with Crippen molar-refractivity contribution in [3.8, 4) is 5.06 Å². The van der Waals surface area contributed by atoms with Crippen molar-refractivity contribution in [2.45, 2.75) is 25.4 Å². The first kappa shape index (κ1) is 15.1. The van der Waals surface area contributed by atoms with Crippen molar-refractivity contribution in [1.29, 1.82) is 0 Å². The average Bonchev–Trinajstić information content (AvgIpc) is 3.16. The molecule has 3 heterocycles. The summed E-state index contributed by atoms with van der Waals surface area (Å²) in [5.41, 5.74) is 2.37. The van der Waals surface area contributed by atoms with Gasteiger partial charge in [0.1, 0.15) is 6.10 Å². The number of ether oxygens (including phenoxy) is 1. The minimum absolute atomic E-state index is 0.360. The summed E-state index contributed by atoms with van der Waals surface area (Å²) in [6.07, 6.45) is 3.47. The van der Waals surface area contributed by atoms with E-state index in [9.17, 15) is 0 Å². The van der Waals surface area contributed by atoms with Gasteiger partial charge in [-0.2, -0.15) is 0 Å². The number of para-hydroxylation sites is 1. The number of hydrogen-bond donors (Lipinski definition) is 0. The second-order valence-electron chi connectivity index (χ2n) is 6.11. The largest absolute Gasteiger partial charge is 0.480 e. The summed E-state index contributed by atoms with van der Waals surface area (Å²) in [5.74, 6) is 0. The van der Waals surface area contributed by atoms with Crippen molar-refractivity contribution < 1.29 is 4.74 Å². The monoisotopic (exact) mass is 344 g/mol. The van der Waals surface area contributed by atoms with Crippen LogP contribution in [-0.2, 0) is 6.42 Å². The Balaban J connectivity index is 1.48. The fourth-order valence-corrected chi connectivity index (χ4v) is 4.80. The van der Waals surface area contributed by atoms with Crippen LogP contribution in [-0.4, -0.2) is 36.1 Å². The van der Waals surface area contributed by atoms with Crippen LogP contribution >= 0.6 is 22.7 Å². The van der Waals surface area contributed by atoms with Crippen LogP contribution in [0.2, 0.25) is 0 Å². The van der Waals surface area contributed by atoms with Gasteiger partial charge in [-0.05, 0) is 43.5 Å². The van der Waals surface area contributed by atoms with Crippen LogP contribution in [0.4, 0.5) is 0 Å². The zero-order valence-electron chi connectivity index (χ0n) is 13.2. The van der Waals surface area contributed by atoms with Gasteiger partial charge in [0, 0.05) is 25.1 Å². The molecule has 1 aliphatic heterocycles. The summed E-state index contributed by atoms with van der Waals surface area (Å²) in [6, 6.07) is 10.5. The first-order chi connectivity index (χ1) is 11.3. The molecule has 0 spiro atoms. The molecule has 0 saturated carbocycles. The molecule has 0 bridgehead atoms. The maximum absolute atomic E-state index is 6.29. The Labute approximate surface area is 144 Å². The molecule has 0 atom stereocenters. The van der Waals surface area contributed by atoms with Crippen molar-refractivity contribution in [2.24, 2.45) is 0 Å². The third-order valence-electron chi connectivity index (χ3n) is 4.33. The molecular weight excluding hydrogens is 324 g/mol. The summed E-state index contributed by atoms with van der Waals surface area (Å²) in [6.45, 7) is 2.26. The van der Waals surface area contributed by atoms with Gasteiger partial charge in [-0.15, -0.1) is 22.7 Å². The van der Waals surface area contributed by atoms with Crippen molar-refractivity contribution in [1.82, 2.24) is 9.88 Å². The number of nitrogens with zero attached hydrogens (tertiary/aromatic N) is 2. The number of fused-ring (bicyclic) bond motifs is 1. The summed E-state index contributed by atoms with van der Waals surface area (Å²) in [4.78, 5) is 7.12. The lowest BCUT2D eigenvalue weighted by atomic mass is 10.1. The smallest absolute Gasteiger partial charge is 0.177 e. The maximum atomic E-state index is 6.29. The predicted octanol–water partition coefficient (Wildman–Crippen LogP) is 4.42. The first-order valence-corrected chi connectivity index (χ1v) is 9.73. The Morgan fingerprint density at radius 3 is 2.87 bits per heavy atom. The van der Waals surface area contributed by atoms with Gasteiger partial charge in [-0.25, -0.2) is 4.98 Å². The Morgan fingerprint density at radius 2 is 2.04 bits per heavy atom. The fourth-order valence-electron chi connectivity index (χ4n) is 2.97. The van der Waals surface area contributed by atoms with Crippen LogP contribution in [0.1, 0.15) is 23.4 Å². The van der Waals surface area contributed by atoms with E-state index in [4.69, 9.17) is 9.72 Å². The average molecular weight is 345 g/mol. The van der Waals surface area contributed by atoms with E-state index in [1.54, 1.807) is 22.7 Å². The predicted molar refractivity (Wildman–Crippen MR) is 97.9 cm³/mol. The molecule has 0 N–H and O–H groups in total. The standard InChI is InChI=1S/C18H20N2OS2/c1-20-9-6-14(7-10-20)21-18-13(8-11-22-18)12-17-19-15-4-2-3-5-16(15)23-17/h2-5,8,11,14H,6-7,9-10,12H2,1H3. The van der Waals surface area contributed by atoms with Crippen LogP contribution in [0.5, 0.6) is 5.06 Å². The summed E-state index contributed by atoms with van der Waals surface area (Å²) in [7, 11) is 2.18. The molecular formula is C18H20N2OS2. The first-order valence-electron chi connectivity index (χ1n) is 8.04. The maximum Gasteiger partial charge on any atom is 0.177 e. The van der Waals surface area contributed by atoms with Crippen LogP contribution < -0.4 is 4.74 Å². The van der Waals surface area contributed by atoms with Crippen LogP contribution in [0.15, 0.2) is 35.7 Å². The highest BCUT2D eigenvalue weighted by atomic mass is 32.1. The van der Waals surface area contributed by atoms with Crippen molar-refractivity contribution >= 4 is 32.9 Å². The van der Waals surface area contributed by atoms with Gasteiger partial charge < -0.3 is 9.64 Å². The van der Waals surface area contributed by atoms with Crippen LogP contribution in [0.25, 0.3) is 10.2 Å². The molecule has 1 fully saturated rings. The molecule has 0 unspecified atom stereocenters. The summed E-state index contributed by atoms with van der Waals surface area (Å²) < 4.78 is 7.55. The number of piperidine rings is 1.